The fraction of sp³-hybridized carbons (Fsp3) is 0.880. The molecule has 0 bridgehead atoms. The summed E-state index contributed by atoms with van der Waals surface area (Å²) in [5.41, 5.74) is 0. The van der Waals surface area contributed by atoms with Gasteiger partial charge in [0.15, 0.2) is 0 Å². The van der Waals surface area contributed by atoms with Crippen LogP contribution in [0.3, 0.4) is 0 Å². The highest BCUT2D eigenvalue weighted by Crippen LogP contribution is 2.10. The first-order valence-corrected chi connectivity index (χ1v) is 12.5. The lowest BCUT2D eigenvalue weighted by Crippen LogP contribution is -2.15. The van der Waals surface area contributed by atoms with Crippen LogP contribution in [0.4, 0.5) is 0 Å². The third-order valence-corrected chi connectivity index (χ3v) is 4.70. The molecule has 32 heavy (non-hydrogen) atoms. The maximum Gasteiger partial charge on any atom is 0.305 e. The first-order chi connectivity index (χ1) is 15.8. The molecule has 0 heterocycles. The van der Waals surface area contributed by atoms with Gasteiger partial charge >= 0.3 is 5.97 Å². The van der Waals surface area contributed by atoms with Gasteiger partial charge in [-0.3, -0.25) is 4.79 Å². The summed E-state index contributed by atoms with van der Waals surface area (Å²) in [4.78, 5) is 11.7. The molecule has 0 fully saturated rings. The second-order valence-electron chi connectivity index (χ2n) is 7.61. The highest BCUT2D eigenvalue weighted by atomic mass is 16.6. The maximum atomic E-state index is 11.7. The van der Waals surface area contributed by atoms with Gasteiger partial charge in [0.1, 0.15) is 6.61 Å². The van der Waals surface area contributed by atoms with Crippen molar-refractivity contribution in [3.63, 3.8) is 0 Å². The van der Waals surface area contributed by atoms with E-state index in [-0.39, 0.29) is 5.97 Å². The van der Waals surface area contributed by atoms with E-state index < -0.39 is 0 Å². The zero-order valence-corrected chi connectivity index (χ0v) is 20.5. The summed E-state index contributed by atoms with van der Waals surface area (Å²) in [7, 11) is 0. The minimum Gasteiger partial charge on any atom is -0.463 e. The standard InChI is InChI=1S/C25H48O7/c1-3-5-6-7-8-9-10-11-12-13-25(26)32-24-23-31-22-21-30-20-19-29-18-17-28-16-15-27-14-4-2/h4H,2-3,5-24H2,1H3. The van der Waals surface area contributed by atoms with Crippen molar-refractivity contribution in [2.24, 2.45) is 0 Å². The van der Waals surface area contributed by atoms with Crippen LogP contribution in [0.15, 0.2) is 12.7 Å². The van der Waals surface area contributed by atoms with Gasteiger partial charge in [0.25, 0.3) is 0 Å². The average Bonchev–Trinajstić information content (AvgIpc) is 2.80. The van der Waals surface area contributed by atoms with Gasteiger partial charge in [-0.15, -0.1) is 6.58 Å². The van der Waals surface area contributed by atoms with Crippen molar-refractivity contribution in [2.45, 2.75) is 71.1 Å². The topological polar surface area (TPSA) is 72.5 Å². The van der Waals surface area contributed by atoms with Crippen molar-refractivity contribution in [3.8, 4) is 0 Å². The summed E-state index contributed by atoms with van der Waals surface area (Å²) in [6.45, 7) is 11.3. The van der Waals surface area contributed by atoms with Crippen molar-refractivity contribution in [3.05, 3.63) is 12.7 Å². The normalized spacial score (nSPS) is 11.0. The van der Waals surface area contributed by atoms with Crippen LogP contribution in [0.2, 0.25) is 0 Å². The third-order valence-electron chi connectivity index (χ3n) is 4.70. The van der Waals surface area contributed by atoms with E-state index in [1.165, 1.54) is 44.9 Å². The first kappa shape index (κ1) is 31.0. The van der Waals surface area contributed by atoms with Crippen molar-refractivity contribution in [1.82, 2.24) is 0 Å². The monoisotopic (exact) mass is 460 g/mol. The van der Waals surface area contributed by atoms with E-state index in [4.69, 9.17) is 28.4 Å². The zero-order valence-electron chi connectivity index (χ0n) is 20.5. The van der Waals surface area contributed by atoms with Gasteiger partial charge in [-0.25, -0.2) is 0 Å². The number of unbranched alkanes of at least 4 members (excludes halogenated alkanes) is 8. The fourth-order valence-electron chi connectivity index (χ4n) is 2.91. The zero-order chi connectivity index (χ0) is 23.4. The second kappa shape index (κ2) is 28.0. The molecule has 7 heteroatoms. The summed E-state index contributed by atoms with van der Waals surface area (Å²) in [6, 6.07) is 0. The van der Waals surface area contributed by atoms with Gasteiger partial charge in [0.2, 0.25) is 0 Å². The molecular weight excluding hydrogens is 412 g/mol. The predicted molar refractivity (Wildman–Crippen MR) is 127 cm³/mol. The van der Waals surface area contributed by atoms with Gasteiger partial charge < -0.3 is 28.4 Å². The lowest BCUT2D eigenvalue weighted by Gasteiger charge is -2.08. The van der Waals surface area contributed by atoms with Crippen LogP contribution in [0.25, 0.3) is 0 Å². The number of carbonyl (C=O) groups excluding carboxylic acids is 1. The number of carbonyl (C=O) groups is 1. The Morgan fingerprint density at radius 1 is 0.594 bits per heavy atom. The van der Waals surface area contributed by atoms with Gasteiger partial charge in [-0.2, -0.15) is 0 Å². The molecule has 0 N–H and O–H groups in total. The number of hydrogen-bond donors (Lipinski definition) is 0. The molecule has 0 spiro atoms. The molecule has 0 aliphatic heterocycles. The number of rotatable bonds is 27. The Bertz CT molecular complexity index is 390. The fourth-order valence-corrected chi connectivity index (χ4v) is 2.91. The molecule has 0 atom stereocenters. The molecule has 0 aliphatic carbocycles. The molecular formula is C25H48O7. The van der Waals surface area contributed by atoms with Gasteiger partial charge in [0, 0.05) is 6.42 Å². The molecule has 0 saturated carbocycles. The minimum atomic E-state index is -0.127. The second-order valence-corrected chi connectivity index (χ2v) is 7.61. The predicted octanol–water partition coefficient (Wildman–Crippen LogP) is 4.72. The van der Waals surface area contributed by atoms with Crippen LogP contribution < -0.4 is 0 Å². The molecule has 0 aromatic carbocycles. The molecule has 0 aromatic rings. The van der Waals surface area contributed by atoms with E-state index in [1.807, 2.05) is 0 Å². The molecule has 0 amide bonds. The van der Waals surface area contributed by atoms with E-state index in [1.54, 1.807) is 6.08 Å². The number of hydrogen-bond acceptors (Lipinski definition) is 7. The van der Waals surface area contributed by atoms with Gasteiger partial charge in [-0.05, 0) is 6.42 Å². The number of esters is 1. The Morgan fingerprint density at radius 3 is 1.47 bits per heavy atom. The molecule has 0 saturated heterocycles. The van der Waals surface area contributed by atoms with Gasteiger partial charge in [-0.1, -0.05) is 64.4 Å². The van der Waals surface area contributed by atoms with E-state index in [0.717, 1.165) is 12.8 Å². The van der Waals surface area contributed by atoms with Gasteiger partial charge in [0.05, 0.1) is 66.1 Å². The molecule has 7 nitrogen and oxygen atoms in total. The Balaban J connectivity index is 3.13. The van der Waals surface area contributed by atoms with Crippen molar-refractivity contribution in [2.75, 3.05) is 72.7 Å². The lowest BCUT2D eigenvalue weighted by atomic mass is 10.1. The maximum absolute atomic E-state index is 11.7. The van der Waals surface area contributed by atoms with Crippen LogP contribution in [-0.4, -0.2) is 78.6 Å². The Labute approximate surface area is 196 Å². The molecule has 0 radical (unpaired) electrons. The highest BCUT2D eigenvalue weighted by molar-refractivity contribution is 5.69. The molecule has 0 unspecified atom stereocenters. The van der Waals surface area contributed by atoms with Crippen LogP contribution in [0, 0.1) is 0 Å². The lowest BCUT2D eigenvalue weighted by molar-refractivity contribution is -0.145. The molecule has 0 aliphatic rings. The summed E-state index contributed by atoms with van der Waals surface area (Å²) < 4.78 is 32.0. The SMILES string of the molecule is C=CCOCCOCCOCCOCCOCCOC(=O)CCCCCCCCCCC. The van der Waals surface area contributed by atoms with E-state index in [9.17, 15) is 4.79 Å². The van der Waals surface area contributed by atoms with Crippen LogP contribution in [0.1, 0.15) is 71.1 Å². The summed E-state index contributed by atoms with van der Waals surface area (Å²) in [5.74, 6) is -0.127. The van der Waals surface area contributed by atoms with Crippen molar-refractivity contribution >= 4 is 5.97 Å². The molecule has 0 rings (SSSR count). The quantitative estimate of drug-likeness (QED) is 0.0997. The van der Waals surface area contributed by atoms with Crippen LogP contribution in [0.5, 0.6) is 0 Å². The highest BCUT2D eigenvalue weighted by Gasteiger charge is 2.02. The first-order valence-electron chi connectivity index (χ1n) is 12.5. The Hall–Kier alpha value is -0.990. The summed E-state index contributed by atoms with van der Waals surface area (Å²) in [6.07, 6.45) is 13.4. The number of ether oxygens (including phenoxy) is 6. The molecule has 0 aromatic heterocycles. The third kappa shape index (κ3) is 27.0. The largest absolute Gasteiger partial charge is 0.463 e. The summed E-state index contributed by atoms with van der Waals surface area (Å²) in [5, 5.41) is 0. The van der Waals surface area contributed by atoms with E-state index in [2.05, 4.69) is 13.5 Å². The van der Waals surface area contributed by atoms with E-state index >= 15 is 0 Å². The Kier molecular flexibility index (Phi) is 27.2. The summed E-state index contributed by atoms with van der Waals surface area (Å²) >= 11 is 0. The Morgan fingerprint density at radius 2 is 1.00 bits per heavy atom. The molecule has 190 valence electrons. The van der Waals surface area contributed by atoms with Crippen LogP contribution in [-0.2, 0) is 33.2 Å². The van der Waals surface area contributed by atoms with Crippen molar-refractivity contribution < 1.29 is 33.2 Å². The smallest absolute Gasteiger partial charge is 0.305 e. The minimum absolute atomic E-state index is 0.127. The average molecular weight is 461 g/mol. The van der Waals surface area contributed by atoms with Crippen LogP contribution >= 0.6 is 0 Å². The van der Waals surface area contributed by atoms with Crippen molar-refractivity contribution in [1.29, 1.82) is 0 Å². The van der Waals surface area contributed by atoms with E-state index in [0.29, 0.717) is 79.1 Å².